The summed E-state index contributed by atoms with van der Waals surface area (Å²) in [5.41, 5.74) is -3.03. The first-order valence-corrected chi connectivity index (χ1v) is 6.22. The maximum Gasteiger partial charge on any atom is 0.294 e. The van der Waals surface area contributed by atoms with E-state index in [0.29, 0.717) is 0 Å². The summed E-state index contributed by atoms with van der Waals surface area (Å²) in [4.78, 5) is 58.5. The van der Waals surface area contributed by atoms with Crippen molar-refractivity contribution >= 4 is 0 Å². The molecule has 24 heavy (non-hydrogen) atoms. The first-order valence-electron chi connectivity index (χ1n) is 6.22. The largest absolute Gasteiger partial charge is 0.313 e. The van der Waals surface area contributed by atoms with Crippen molar-refractivity contribution in [3.8, 4) is 0 Å². The van der Waals surface area contributed by atoms with Gasteiger partial charge in [0.05, 0.1) is 0 Å². The Hall–Kier alpha value is -3.20. The van der Waals surface area contributed by atoms with Gasteiger partial charge in [-0.2, -0.15) is 0 Å². The molecule has 0 saturated heterocycles. The molecule has 1 aliphatic rings. The van der Waals surface area contributed by atoms with E-state index in [1.165, 1.54) is 0 Å². The summed E-state index contributed by atoms with van der Waals surface area (Å²) in [7, 11) is 0. The molecule has 0 radical (unpaired) electrons. The zero-order valence-electron chi connectivity index (χ0n) is 11.9. The molecular formula is C8H12N4O12. The highest BCUT2D eigenvalue weighted by atomic mass is 17.0. The van der Waals surface area contributed by atoms with E-state index in [-0.39, 0.29) is 12.8 Å². The zero-order chi connectivity index (χ0) is 18.4. The summed E-state index contributed by atoms with van der Waals surface area (Å²) in [6.45, 7) is -2.96. The van der Waals surface area contributed by atoms with Crippen LogP contribution in [0.3, 0.4) is 0 Å². The average molecular weight is 356 g/mol. The summed E-state index contributed by atoms with van der Waals surface area (Å²) in [6.07, 6.45) is 0.105. The van der Waals surface area contributed by atoms with Crippen LogP contribution in [0, 0.1) is 51.3 Å². The van der Waals surface area contributed by atoms with E-state index < -0.39 is 57.6 Å². The van der Waals surface area contributed by atoms with Crippen LogP contribution in [0.5, 0.6) is 0 Å². The zero-order valence-corrected chi connectivity index (χ0v) is 11.9. The second-order valence-corrected chi connectivity index (χ2v) is 5.05. The Morgan fingerprint density at radius 1 is 0.583 bits per heavy atom. The van der Waals surface area contributed by atoms with Crippen LogP contribution in [0.4, 0.5) is 0 Å². The minimum Gasteiger partial charge on any atom is -0.313 e. The SMILES string of the molecule is O=[N+]([O-])OCC1(CO[N+](=O)[O-])CCC1(CO[N+](=O)[O-])CO[N+](=O)[O-]. The highest BCUT2D eigenvalue weighted by Gasteiger charge is 2.61. The van der Waals surface area contributed by atoms with Gasteiger partial charge >= 0.3 is 0 Å². The smallest absolute Gasteiger partial charge is 0.294 e. The minimum atomic E-state index is -1.51. The number of hydrogen-bond acceptors (Lipinski definition) is 12. The first kappa shape index (κ1) is 18.8. The lowest BCUT2D eigenvalue weighted by Gasteiger charge is -2.57. The molecule has 0 amide bonds. The monoisotopic (exact) mass is 356 g/mol. The Kier molecular flexibility index (Phi) is 5.79. The van der Waals surface area contributed by atoms with Crippen molar-refractivity contribution in [2.24, 2.45) is 10.8 Å². The molecule has 16 nitrogen and oxygen atoms in total. The molecule has 0 bridgehead atoms. The molecule has 0 aromatic carbocycles. The van der Waals surface area contributed by atoms with Crippen LogP contribution in [0.1, 0.15) is 12.8 Å². The molecule has 1 saturated carbocycles. The predicted octanol–water partition coefficient (Wildman–Crippen LogP) is -0.414. The van der Waals surface area contributed by atoms with Gasteiger partial charge in [0, 0.05) is 10.8 Å². The van der Waals surface area contributed by atoms with Crippen LogP contribution in [0.15, 0.2) is 0 Å². The molecule has 0 spiro atoms. The Labute approximate surface area is 131 Å². The van der Waals surface area contributed by atoms with Crippen molar-refractivity contribution in [3.63, 3.8) is 0 Å². The minimum absolute atomic E-state index is 0.0524. The molecule has 136 valence electrons. The Balaban J connectivity index is 3.03. The topological polar surface area (TPSA) is 209 Å². The van der Waals surface area contributed by atoms with Crippen molar-refractivity contribution in [2.45, 2.75) is 12.8 Å². The van der Waals surface area contributed by atoms with Crippen LogP contribution >= 0.6 is 0 Å². The van der Waals surface area contributed by atoms with E-state index in [0.717, 1.165) is 0 Å². The van der Waals surface area contributed by atoms with E-state index in [4.69, 9.17) is 0 Å². The Bertz CT molecular complexity index is 441. The number of rotatable bonds is 12. The molecule has 0 aromatic rings. The van der Waals surface area contributed by atoms with Crippen molar-refractivity contribution in [3.05, 3.63) is 40.5 Å². The maximum atomic E-state index is 10.4. The van der Waals surface area contributed by atoms with E-state index in [2.05, 4.69) is 19.4 Å². The molecule has 1 aliphatic carbocycles. The summed E-state index contributed by atoms with van der Waals surface area (Å²) in [6, 6.07) is 0. The maximum absolute atomic E-state index is 10.4. The predicted molar refractivity (Wildman–Crippen MR) is 65.9 cm³/mol. The molecule has 1 rings (SSSR count). The van der Waals surface area contributed by atoms with E-state index in [9.17, 15) is 40.5 Å². The van der Waals surface area contributed by atoms with E-state index >= 15 is 0 Å². The van der Waals surface area contributed by atoms with Gasteiger partial charge in [-0.3, -0.25) is 0 Å². The van der Waals surface area contributed by atoms with Gasteiger partial charge in [-0.1, -0.05) is 0 Å². The Morgan fingerprint density at radius 3 is 0.917 bits per heavy atom. The molecule has 0 atom stereocenters. The molecule has 0 unspecified atom stereocenters. The third-order valence-corrected chi connectivity index (χ3v) is 3.99. The molecule has 0 N–H and O–H groups in total. The lowest BCUT2D eigenvalue weighted by atomic mass is 9.50. The van der Waals surface area contributed by atoms with Crippen LogP contribution in [0.2, 0.25) is 0 Å². The third-order valence-electron chi connectivity index (χ3n) is 3.99. The molecule has 0 aromatic heterocycles. The first-order chi connectivity index (χ1) is 11.1. The third kappa shape index (κ3) is 4.40. The van der Waals surface area contributed by atoms with E-state index in [1.54, 1.807) is 0 Å². The van der Waals surface area contributed by atoms with Crippen LogP contribution in [-0.2, 0) is 19.4 Å². The summed E-state index contributed by atoms with van der Waals surface area (Å²) in [5.74, 6) is 0. The summed E-state index contributed by atoms with van der Waals surface area (Å²) >= 11 is 0. The average Bonchev–Trinajstić information content (AvgIpc) is 2.45. The van der Waals surface area contributed by atoms with Gasteiger partial charge in [-0.25, -0.2) is 0 Å². The second kappa shape index (κ2) is 7.38. The van der Waals surface area contributed by atoms with Crippen molar-refractivity contribution in [2.75, 3.05) is 26.4 Å². The molecule has 0 heterocycles. The van der Waals surface area contributed by atoms with Crippen molar-refractivity contribution in [1.29, 1.82) is 0 Å². The van der Waals surface area contributed by atoms with Crippen LogP contribution < -0.4 is 0 Å². The van der Waals surface area contributed by atoms with Crippen molar-refractivity contribution < 1.29 is 39.7 Å². The second-order valence-electron chi connectivity index (χ2n) is 5.05. The number of nitrogens with zero attached hydrogens (tertiary/aromatic N) is 4. The van der Waals surface area contributed by atoms with Crippen molar-refractivity contribution in [1.82, 2.24) is 0 Å². The lowest BCUT2D eigenvalue weighted by molar-refractivity contribution is -0.786. The Morgan fingerprint density at radius 2 is 0.792 bits per heavy atom. The molecule has 1 fully saturated rings. The quantitative estimate of drug-likeness (QED) is 0.322. The van der Waals surface area contributed by atoms with E-state index in [1.807, 2.05) is 0 Å². The summed E-state index contributed by atoms with van der Waals surface area (Å²) in [5, 5.41) is 36.9. The van der Waals surface area contributed by atoms with Crippen LogP contribution in [0.25, 0.3) is 0 Å². The molecule has 16 heteroatoms. The fourth-order valence-electron chi connectivity index (χ4n) is 2.52. The number of hydrogen-bond donors (Lipinski definition) is 0. The van der Waals surface area contributed by atoms with Gasteiger partial charge in [0.15, 0.2) is 0 Å². The molecular weight excluding hydrogens is 344 g/mol. The standard InChI is InChI=1S/C8H12N4O12/c13-9(14)21-3-7(4-22-10(15)16)1-2-8(7,5-23-11(17)18)6-24-12(19)20/h1-6H2. The summed E-state index contributed by atoms with van der Waals surface area (Å²) < 4.78 is 0. The van der Waals surface area contributed by atoms with Gasteiger partial charge < -0.3 is 19.4 Å². The van der Waals surface area contributed by atoms with Gasteiger partial charge in [-0.15, -0.1) is 40.5 Å². The van der Waals surface area contributed by atoms with Crippen LogP contribution in [-0.4, -0.2) is 46.8 Å². The highest BCUT2D eigenvalue weighted by Crippen LogP contribution is 2.57. The van der Waals surface area contributed by atoms with Gasteiger partial charge in [0.25, 0.3) is 20.3 Å². The fraction of sp³-hybridized carbons (Fsp3) is 1.00. The van der Waals surface area contributed by atoms with Gasteiger partial charge in [0.1, 0.15) is 26.4 Å². The van der Waals surface area contributed by atoms with Gasteiger partial charge in [0.2, 0.25) is 0 Å². The van der Waals surface area contributed by atoms with Gasteiger partial charge in [-0.05, 0) is 12.8 Å². The normalized spacial score (nSPS) is 17.0. The lowest BCUT2D eigenvalue weighted by Crippen LogP contribution is -2.62. The molecule has 0 aliphatic heterocycles. The highest BCUT2D eigenvalue weighted by molar-refractivity contribution is 5.06. The fourth-order valence-corrected chi connectivity index (χ4v) is 2.52.